The van der Waals surface area contributed by atoms with Crippen LogP contribution in [-0.4, -0.2) is 34.0 Å². The molecule has 7 heteroatoms. The van der Waals surface area contributed by atoms with E-state index < -0.39 is 18.8 Å². The van der Waals surface area contributed by atoms with E-state index in [-0.39, 0.29) is 16.8 Å². The van der Waals surface area contributed by atoms with Gasteiger partial charge >= 0.3 is 0 Å². The van der Waals surface area contributed by atoms with Crippen LogP contribution >= 0.6 is 0 Å². The van der Waals surface area contributed by atoms with Gasteiger partial charge in [0.15, 0.2) is 0 Å². The van der Waals surface area contributed by atoms with Crippen molar-refractivity contribution in [3.05, 3.63) is 35.0 Å². The minimum atomic E-state index is -1.10. The van der Waals surface area contributed by atoms with Crippen LogP contribution in [0.1, 0.15) is 18.6 Å². The maximum atomic E-state index is 10.9. The highest BCUT2D eigenvalue weighted by Gasteiger charge is 2.20. The SMILES string of the molecule is CC(=O)NC(CO)C(O)c1ccc(N([O-])O)cc1. The van der Waals surface area contributed by atoms with E-state index in [9.17, 15) is 15.1 Å². The summed E-state index contributed by atoms with van der Waals surface area (Å²) in [7, 11) is 0. The lowest BCUT2D eigenvalue weighted by molar-refractivity contribution is -0.121. The lowest BCUT2D eigenvalue weighted by Crippen LogP contribution is -2.40. The molecule has 0 radical (unpaired) electrons. The highest BCUT2D eigenvalue weighted by molar-refractivity contribution is 5.73. The number of anilines is 1. The van der Waals surface area contributed by atoms with Gasteiger partial charge in [-0.05, 0) is 17.7 Å². The Morgan fingerprint density at radius 3 is 2.39 bits per heavy atom. The Morgan fingerprint density at radius 1 is 1.44 bits per heavy atom. The van der Waals surface area contributed by atoms with Crippen LogP contribution in [0, 0.1) is 5.21 Å². The van der Waals surface area contributed by atoms with E-state index in [0.29, 0.717) is 5.56 Å². The van der Waals surface area contributed by atoms with Gasteiger partial charge in [0.05, 0.1) is 18.3 Å². The van der Waals surface area contributed by atoms with E-state index in [1.807, 2.05) is 0 Å². The van der Waals surface area contributed by atoms with E-state index in [0.717, 1.165) is 0 Å². The molecule has 1 rings (SSSR count). The molecule has 0 fully saturated rings. The largest absolute Gasteiger partial charge is 0.733 e. The Bertz CT molecular complexity index is 393. The van der Waals surface area contributed by atoms with Crippen molar-refractivity contribution in [1.29, 1.82) is 0 Å². The summed E-state index contributed by atoms with van der Waals surface area (Å²) in [4.78, 5) is 10.9. The Balaban J connectivity index is 2.81. The van der Waals surface area contributed by atoms with Gasteiger partial charge in [-0.3, -0.25) is 10.0 Å². The monoisotopic (exact) mass is 255 g/mol. The number of nitrogens with zero attached hydrogens (tertiary/aromatic N) is 1. The van der Waals surface area contributed by atoms with Crippen LogP contribution in [0.25, 0.3) is 0 Å². The molecule has 1 amide bonds. The van der Waals surface area contributed by atoms with Crippen LogP contribution in [0.3, 0.4) is 0 Å². The third kappa shape index (κ3) is 3.67. The van der Waals surface area contributed by atoms with Crippen LogP contribution in [0.4, 0.5) is 5.69 Å². The molecule has 2 unspecified atom stereocenters. The summed E-state index contributed by atoms with van der Waals surface area (Å²) in [5.41, 5.74) is 0.430. The molecule has 18 heavy (non-hydrogen) atoms. The number of benzene rings is 1. The van der Waals surface area contributed by atoms with Crippen molar-refractivity contribution in [2.45, 2.75) is 19.1 Å². The molecular weight excluding hydrogens is 240 g/mol. The molecule has 0 aromatic heterocycles. The zero-order valence-corrected chi connectivity index (χ0v) is 9.78. The zero-order valence-electron chi connectivity index (χ0n) is 9.78. The second kappa shape index (κ2) is 6.31. The van der Waals surface area contributed by atoms with Crippen LogP contribution < -0.4 is 10.5 Å². The first-order valence-electron chi connectivity index (χ1n) is 5.28. The predicted octanol–water partition coefficient (Wildman–Crippen LogP) is -0.0896. The third-order valence-corrected chi connectivity index (χ3v) is 2.42. The van der Waals surface area contributed by atoms with Crippen LogP contribution in [0.5, 0.6) is 0 Å². The van der Waals surface area contributed by atoms with Gasteiger partial charge in [0.2, 0.25) is 5.91 Å². The average molecular weight is 255 g/mol. The number of rotatable bonds is 5. The molecule has 1 aromatic carbocycles. The summed E-state index contributed by atoms with van der Waals surface area (Å²) in [5.74, 6) is -0.370. The first-order valence-corrected chi connectivity index (χ1v) is 5.28. The molecule has 0 spiro atoms. The summed E-state index contributed by atoms with van der Waals surface area (Å²) in [6.45, 7) is 0.857. The van der Waals surface area contributed by atoms with Crippen molar-refractivity contribution in [3.8, 4) is 0 Å². The quantitative estimate of drug-likeness (QED) is 0.546. The fraction of sp³-hybridized carbons (Fsp3) is 0.364. The van der Waals surface area contributed by atoms with E-state index in [4.69, 9.17) is 10.3 Å². The zero-order chi connectivity index (χ0) is 13.7. The molecule has 0 aliphatic heterocycles. The summed E-state index contributed by atoms with van der Waals surface area (Å²) < 4.78 is 0. The van der Waals surface area contributed by atoms with E-state index in [1.165, 1.54) is 31.2 Å². The maximum absolute atomic E-state index is 10.9. The maximum Gasteiger partial charge on any atom is 0.217 e. The normalized spacial score (nSPS) is 13.8. The van der Waals surface area contributed by atoms with E-state index in [1.54, 1.807) is 0 Å². The lowest BCUT2D eigenvalue weighted by atomic mass is 10.0. The molecule has 100 valence electrons. The number of aliphatic hydroxyl groups is 2. The minimum absolute atomic E-state index is 0.0195. The molecule has 0 saturated carbocycles. The Kier molecular flexibility index (Phi) is 5.05. The number of amides is 1. The topological polar surface area (TPSA) is 116 Å². The molecule has 2 atom stereocenters. The number of aliphatic hydroxyl groups excluding tert-OH is 2. The van der Waals surface area contributed by atoms with Gasteiger partial charge in [-0.2, -0.15) is 0 Å². The van der Waals surface area contributed by atoms with Crippen molar-refractivity contribution in [2.75, 3.05) is 11.8 Å². The molecule has 7 nitrogen and oxygen atoms in total. The lowest BCUT2D eigenvalue weighted by Gasteiger charge is -2.24. The third-order valence-electron chi connectivity index (χ3n) is 2.42. The van der Waals surface area contributed by atoms with Crippen LogP contribution in [0.2, 0.25) is 0 Å². The van der Waals surface area contributed by atoms with Gasteiger partial charge in [-0.1, -0.05) is 12.1 Å². The van der Waals surface area contributed by atoms with Crippen molar-refractivity contribution in [3.63, 3.8) is 0 Å². The minimum Gasteiger partial charge on any atom is -0.733 e. The fourth-order valence-electron chi connectivity index (χ4n) is 1.52. The predicted molar refractivity (Wildman–Crippen MR) is 63.7 cm³/mol. The average Bonchev–Trinajstić information content (AvgIpc) is 2.35. The molecule has 0 aliphatic rings. The Hall–Kier alpha value is -1.67. The van der Waals surface area contributed by atoms with Crippen LogP contribution in [0.15, 0.2) is 24.3 Å². The number of carbonyl (C=O) groups excluding carboxylic acids is 1. The summed E-state index contributed by atoms with van der Waals surface area (Å²) in [6, 6.07) is 4.64. The smallest absolute Gasteiger partial charge is 0.217 e. The van der Waals surface area contributed by atoms with Gasteiger partial charge in [0.1, 0.15) is 6.10 Å². The van der Waals surface area contributed by atoms with E-state index >= 15 is 0 Å². The van der Waals surface area contributed by atoms with E-state index in [2.05, 4.69) is 5.32 Å². The number of hydrogen-bond donors (Lipinski definition) is 4. The molecule has 0 saturated heterocycles. The van der Waals surface area contributed by atoms with Crippen molar-refractivity contribution in [1.82, 2.24) is 5.32 Å². The highest BCUT2D eigenvalue weighted by atomic mass is 16.8. The van der Waals surface area contributed by atoms with Crippen molar-refractivity contribution < 1.29 is 20.2 Å². The summed E-state index contributed by atoms with van der Waals surface area (Å²) in [6.07, 6.45) is -1.10. The molecule has 0 heterocycles. The van der Waals surface area contributed by atoms with Crippen molar-refractivity contribution >= 4 is 11.6 Å². The second-order valence-corrected chi connectivity index (χ2v) is 3.80. The highest BCUT2D eigenvalue weighted by Crippen LogP contribution is 2.20. The molecule has 4 N–H and O–H groups in total. The fourth-order valence-corrected chi connectivity index (χ4v) is 1.52. The standard InChI is InChI=1S/C11H15N2O5/c1-7(15)12-10(6-14)11(16)8-2-4-9(5-3-8)13(17)18/h2-5,10-11,14,16-17H,6H2,1H3,(H,12,15)/q-1. The number of hydrogen-bond acceptors (Lipinski definition) is 6. The molecule has 0 aliphatic carbocycles. The van der Waals surface area contributed by atoms with Gasteiger partial charge in [-0.15, -0.1) is 0 Å². The van der Waals surface area contributed by atoms with Gasteiger partial charge < -0.3 is 26.0 Å². The number of carbonyl (C=O) groups is 1. The van der Waals surface area contributed by atoms with Gasteiger partial charge in [0, 0.05) is 6.92 Å². The molecule has 1 aromatic rings. The van der Waals surface area contributed by atoms with Crippen LogP contribution in [-0.2, 0) is 4.79 Å². The molecular formula is C11H15N2O5-. The Labute approximate surface area is 104 Å². The van der Waals surface area contributed by atoms with Crippen molar-refractivity contribution in [2.24, 2.45) is 0 Å². The Morgan fingerprint density at radius 2 is 2.00 bits per heavy atom. The molecule has 0 bridgehead atoms. The number of nitrogens with one attached hydrogen (secondary N) is 1. The summed E-state index contributed by atoms with van der Waals surface area (Å²) in [5, 5.41) is 40.3. The first-order chi connectivity index (χ1) is 8.45. The van der Waals surface area contributed by atoms with Gasteiger partial charge in [0.25, 0.3) is 0 Å². The second-order valence-electron chi connectivity index (χ2n) is 3.80. The summed E-state index contributed by atoms with van der Waals surface area (Å²) >= 11 is 0. The van der Waals surface area contributed by atoms with Gasteiger partial charge in [-0.25, -0.2) is 0 Å². The first kappa shape index (κ1) is 14.4.